The molecule has 1 saturated heterocycles. The van der Waals surface area contributed by atoms with Gasteiger partial charge in [-0.25, -0.2) is 13.2 Å². The lowest BCUT2D eigenvalue weighted by molar-refractivity contribution is -0.154. The van der Waals surface area contributed by atoms with Gasteiger partial charge < -0.3 is 16.0 Å². The maximum absolute atomic E-state index is 13.7. The zero-order valence-corrected chi connectivity index (χ0v) is 15.4. The van der Waals surface area contributed by atoms with Gasteiger partial charge in [-0.1, -0.05) is 0 Å². The van der Waals surface area contributed by atoms with Crippen molar-refractivity contribution >= 4 is 11.8 Å². The maximum Gasteiger partial charge on any atom is 0.397 e. The van der Waals surface area contributed by atoms with Crippen LogP contribution in [0, 0.1) is 17.5 Å². The van der Waals surface area contributed by atoms with Crippen molar-refractivity contribution in [2.24, 2.45) is 5.73 Å². The minimum atomic E-state index is -4.61. The summed E-state index contributed by atoms with van der Waals surface area (Å²) >= 11 is 0. The molecule has 29 heavy (non-hydrogen) atoms. The lowest BCUT2D eigenvalue weighted by Gasteiger charge is -2.26. The summed E-state index contributed by atoms with van der Waals surface area (Å²) in [6.07, 6.45) is -5.51. The van der Waals surface area contributed by atoms with Crippen molar-refractivity contribution in [2.45, 2.75) is 50.4 Å². The second-order valence-corrected chi connectivity index (χ2v) is 7.01. The zero-order valence-electron chi connectivity index (χ0n) is 15.4. The predicted octanol–water partition coefficient (Wildman–Crippen LogP) is 2.42. The number of alkyl halides is 3. The van der Waals surface area contributed by atoms with Gasteiger partial charge in [0.2, 0.25) is 11.8 Å². The number of likely N-dealkylation sites (tertiary alicyclic amines) is 1. The van der Waals surface area contributed by atoms with Gasteiger partial charge in [0.1, 0.15) is 12.2 Å². The Morgan fingerprint density at radius 2 is 1.83 bits per heavy atom. The van der Waals surface area contributed by atoms with Crippen LogP contribution in [0.3, 0.4) is 0 Å². The van der Waals surface area contributed by atoms with E-state index >= 15 is 0 Å². The Morgan fingerprint density at radius 1 is 1.17 bits per heavy atom. The van der Waals surface area contributed by atoms with Crippen LogP contribution in [-0.4, -0.2) is 48.1 Å². The van der Waals surface area contributed by atoms with Crippen molar-refractivity contribution in [3.05, 3.63) is 35.1 Å². The van der Waals surface area contributed by atoms with Crippen molar-refractivity contribution in [1.29, 1.82) is 0 Å². The van der Waals surface area contributed by atoms with Crippen LogP contribution in [0.15, 0.2) is 12.1 Å². The molecule has 0 saturated carbocycles. The molecular formula is C18H21F6N3O2. The van der Waals surface area contributed by atoms with Crippen molar-refractivity contribution in [2.75, 3.05) is 13.1 Å². The third-order valence-corrected chi connectivity index (χ3v) is 4.60. The fourth-order valence-corrected chi connectivity index (χ4v) is 3.27. The third kappa shape index (κ3) is 6.91. The van der Waals surface area contributed by atoms with Gasteiger partial charge in [0.15, 0.2) is 11.6 Å². The molecule has 3 N–H and O–H groups in total. The topological polar surface area (TPSA) is 75.4 Å². The van der Waals surface area contributed by atoms with Gasteiger partial charge in [-0.05, 0) is 30.9 Å². The number of hydrogen-bond acceptors (Lipinski definition) is 3. The van der Waals surface area contributed by atoms with Crippen LogP contribution in [0.25, 0.3) is 0 Å². The second-order valence-electron chi connectivity index (χ2n) is 7.01. The number of rotatable bonds is 7. The number of nitrogens with zero attached hydrogens (tertiary/aromatic N) is 1. The average Bonchev–Trinajstić information content (AvgIpc) is 3.05. The summed E-state index contributed by atoms with van der Waals surface area (Å²) in [4.78, 5) is 25.2. The number of nitrogens with one attached hydrogen (secondary N) is 1. The number of amides is 2. The first kappa shape index (κ1) is 23.0. The minimum absolute atomic E-state index is 0.117. The van der Waals surface area contributed by atoms with Crippen LogP contribution < -0.4 is 11.1 Å². The number of nitrogens with two attached hydrogens (primary N) is 1. The fourth-order valence-electron chi connectivity index (χ4n) is 3.27. The fraction of sp³-hybridized carbons (Fsp3) is 0.556. The molecule has 0 bridgehead atoms. The summed E-state index contributed by atoms with van der Waals surface area (Å²) in [5, 5.41) is 2.17. The molecule has 11 heteroatoms. The van der Waals surface area contributed by atoms with Crippen LogP contribution in [-0.2, 0) is 16.0 Å². The first-order valence-electron chi connectivity index (χ1n) is 8.98. The minimum Gasteiger partial charge on any atom is -0.354 e. The highest BCUT2D eigenvalue weighted by Crippen LogP contribution is 2.21. The highest BCUT2D eigenvalue weighted by atomic mass is 19.4. The molecule has 5 nitrogen and oxygen atoms in total. The maximum atomic E-state index is 13.7. The van der Waals surface area contributed by atoms with Gasteiger partial charge in [0, 0.05) is 37.7 Å². The Kier molecular flexibility index (Phi) is 7.50. The second kappa shape index (κ2) is 9.47. The molecule has 2 atom stereocenters. The van der Waals surface area contributed by atoms with E-state index in [1.807, 2.05) is 0 Å². The normalized spacial score (nSPS) is 18.0. The zero-order chi connectivity index (χ0) is 21.8. The SMILES string of the molecule is NC(CC(=O)N1CCCC1CNC(=O)CC(F)(F)F)Cc1cc(F)c(F)cc1F. The molecule has 0 spiro atoms. The van der Waals surface area contributed by atoms with Crippen molar-refractivity contribution < 1.29 is 35.9 Å². The number of carbonyl (C=O) groups excluding carboxylic acids is 2. The molecule has 1 aromatic rings. The van der Waals surface area contributed by atoms with E-state index in [1.165, 1.54) is 4.90 Å². The highest BCUT2D eigenvalue weighted by Gasteiger charge is 2.33. The Labute approximate surface area is 163 Å². The first-order chi connectivity index (χ1) is 13.5. The van der Waals surface area contributed by atoms with Crippen molar-refractivity contribution in [1.82, 2.24) is 10.2 Å². The Bertz CT molecular complexity index is 756. The summed E-state index contributed by atoms with van der Waals surface area (Å²) in [6, 6.07) is -0.252. The van der Waals surface area contributed by atoms with E-state index in [0.29, 0.717) is 31.5 Å². The molecule has 1 heterocycles. The van der Waals surface area contributed by atoms with E-state index in [-0.39, 0.29) is 24.9 Å². The van der Waals surface area contributed by atoms with E-state index in [9.17, 15) is 35.9 Å². The van der Waals surface area contributed by atoms with Crippen LogP contribution >= 0.6 is 0 Å². The molecule has 2 rings (SSSR count). The molecule has 0 aliphatic carbocycles. The van der Waals surface area contributed by atoms with E-state index in [0.717, 1.165) is 0 Å². The molecular weight excluding hydrogens is 404 g/mol. The van der Waals surface area contributed by atoms with Crippen LogP contribution in [0.4, 0.5) is 26.3 Å². The summed E-state index contributed by atoms with van der Waals surface area (Å²) < 4.78 is 76.5. The van der Waals surface area contributed by atoms with Crippen molar-refractivity contribution in [3.8, 4) is 0 Å². The average molecular weight is 425 g/mol. The van der Waals surface area contributed by atoms with E-state index < -0.39 is 53.9 Å². The number of benzene rings is 1. The van der Waals surface area contributed by atoms with E-state index in [1.54, 1.807) is 0 Å². The lowest BCUT2D eigenvalue weighted by Crippen LogP contribution is -2.45. The van der Waals surface area contributed by atoms with Gasteiger partial charge in [-0.3, -0.25) is 9.59 Å². The summed E-state index contributed by atoms with van der Waals surface area (Å²) in [5.41, 5.74) is 5.68. The van der Waals surface area contributed by atoms with Gasteiger partial charge >= 0.3 is 6.18 Å². The molecule has 0 aromatic heterocycles. The van der Waals surface area contributed by atoms with Gasteiger partial charge in [0.05, 0.1) is 0 Å². The monoisotopic (exact) mass is 425 g/mol. The Balaban J connectivity index is 1.88. The Morgan fingerprint density at radius 3 is 2.48 bits per heavy atom. The molecule has 1 fully saturated rings. The van der Waals surface area contributed by atoms with Crippen LogP contribution in [0.5, 0.6) is 0 Å². The highest BCUT2D eigenvalue weighted by molar-refractivity contribution is 5.78. The Hall–Kier alpha value is -2.30. The smallest absolute Gasteiger partial charge is 0.354 e. The van der Waals surface area contributed by atoms with E-state index in [4.69, 9.17) is 5.73 Å². The largest absolute Gasteiger partial charge is 0.397 e. The quantitative estimate of drug-likeness (QED) is 0.521. The standard InChI is InChI=1S/C18H21F6N3O2/c19-13-7-15(21)14(20)5-10(13)4-11(25)6-17(29)27-3-1-2-12(27)9-26-16(28)8-18(22,23)24/h5,7,11-12H,1-4,6,8-9,25H2,(H,26,28). The summed E-state index contributed by atoms with van der Waals surface area (Å²) in [5.74, 6) is -5.12. The van der Waals surface area contributed by atoms with Gasteiger partial charge in [-0.15, -0.1) is 0 Å². The summed E-state index contributed by atoms with van der Waals surface area (Å²) in [6.45, 7) is 0.235. The summed E-state index contributed by atoms with van der Waals surface area (Å²) in [7, 11) is 0. The lowest BCUT2D eigenvalue weighted by atomic mass is 10.0. The molecule has 162 valence electrons. The predicted molar refractivity (Wildman–Crippen MR) is 91.0 cm³/mol. The van der Waals surface area contributed by atoms with Gasteiger partial charge in [0.25, 0.3) is 0 Å². The van der Waals surface area contributed by atoms with Gasteiger partial charge in [-0.2, -0.15) is 13.2 Å². The molecule has 2 amide bonds. The first-order valence-corrected chi connectivity index (χ1v) is 8.98. The molecule has 1 aliphatic rings. The van der Waals surface area contributed by atoms with Crippen molar-refractivity contribution in [3.63, 3.8) is 0 Å². The van der Waals surface area contributed by atoms with E-state index in [2.05, 4.69) is 5.32 Å². The number of carbonyl (C=O) groups is 2. The molecule has 2 unspecified atom stereocenters. The molecule has 1 aliphatic heterocycles. The molecule has 0 radical (unpaired) electrons. The number of hydrogen-bond donors (Lipinski definition) is 2. The van der Waals surface area contributed by atoms with Crippen LogP contribution in [0.2, 0.25) is 0 Å². The third-order valence-electron chi connectivity index (χ3n) is 4.60. The number of halogens is 6. The molecule has 1 aromatic carbocycles. The van der Waals surface area contributed by atoms with Crippen LogP contribution in [0.1, 0.15) is 31.2 Å².